The van der Waals surface area contributed by atoms with Gasteiger partial charge in [-0.15, -0.1) is 0 Å². The van der Waals surface area contributed by atoms with E-state index in [0.717, 1.165) is 17.8 Å². The second kappa shape index (κ2) is 6.86. The van der Waals surface area contributed by atoms with Gasteiger partial charge in [0, 0.05) is 32.5 Å². The van der Waals surface area contributed by atoms with Gasteiger partial charge in [-0.05, 0) is 24.6 Å². The summed E-state index contributed by atoms with van der Waals surface area (Å²) >= 11 is 0. The molecular formula is C15H20N4O. The topological polar surface area (TPSA) is 50.2 Å². The zero-order valence-corrected chi connectivity index (χ0v) is 11.9. The number of nitrogens with zero attached hydrogens (tertiary/aromatic N) is 3. The maximum Gasteiger partial charge on any atom is 0.236 e. The molecule has 1 amide bonds. The standard InChI is InChI=1S/C15H20N4O/c1-3-18(2)15(20)12-16-11-13-7-4-5-8-14(13)19-10-6-9-17-19/h4-10,16H,3,11-12H2,1-2H3. The highest BCUT2D eigenvalue weighted by molar-refractivity contribution is 5.77. The summed E-state index contributed by atoms with van der Waals surface area (Å²) in [6.45, 7) is 3.67. The predicted molar refractivity (Wildman–Crippen MR) is 78.6 cm³/mol. The molecule has 5 nitrogen and oxygen atoms in total. The Bertz CT molecular complexity index is 551. The smallest absolute Gasteiger partial charge is 0.236 e. The second-order valence-corrected chi connectivity index (χ2v) is 4.59. The van der Waals surface area contributed by atoms with Crippen molar-refractivity contribution in [3.05, 3.63) is 48.3 Å². The van der Waals surface area contributed by atoms with Crippen molar-refractivity contribution in [1.82, 2.24) is 20.0 Å². The molecule has 0 aliphatic carbocycles. The van der Waals surface area contributed by atoms with Crippen molar-refractivity contribution in [2.24, 2.45) is 0 Å². The van der Waals surface area contributed by atoms with Crippen molar-refractivity contribution < 1.29 is 4.79 Å². The molecule has 1 aromatic heterocycles. The highest BCUT2D eigenvalue weighted by atomic mass is 16.2. The molecule has 2 rings (SSSR count). The molecule has 1 heterocycles. The summed E-state index contributed by atoms with van der Waals surface area (Å²) < 4.78 is 1.83. The Morgan fingerprint density at radius 1 is 1.35 bits per heavy atom. The van der Waals surface area contributed by atoms with Gasteiger partial charge in [0.1, 0.15) is 0 Å². The van der Waals surface area contributed by atoms with Crippen LogP contribution >= 0.6 is 0 Å². The Hall–Kier alpha value is -2.14. The molecule has 1 N–H and O–H groups in total. The zero-order valence-electron chi connectivity index (χ0n) is 11.9. The van der Waals surface area contributed by atoms with E-state index in [1.54, 1.807) is 11.1 Å². The third-order valence-corrected chi connectivity index (χ3v) is 3.23. The molecule has 0 spiro atoms. The predicted octanol–water partition coefficient (Wildman–Crippen LogP) is 1.44. The van der Waals surface area contributed by atoms with Gasteiger partial charge >= 0.3 is 0 Å². The normalized spacial score (nSPS) is 10.5. The molecule has 106 valence electrons. The number of rotatable bonds is 6. The van der Waals surface area contributed by atoms with E-state index in [0.29, 0.717) is 13.1 Å². The van der Waals surface area contributed by atoms with E-state index in [4.69, 9.17) is 0 Å². The number of hydrogen-bond acceptors (Lipinski definition) is 3. The molecule has 0 saturated carbocycles. The lowest BCUT2D eigenvalue weighted by Gasteiger charge is -2.15. The van der Waals surface area contributed by atoms with Crippen LogP contribution in [0.3, 0.4) is 0 Å². The third kappa shape index (κ3) is 3.45. The van der Waals surface area contributed by atoms with E-state index in [2.05, 4.69) is 10.4 Å². The molecule has 1 aromatic carbocycles. The lowest BCUT2D eigenvalue weighted by atomic mass is 10.2. The summed E-state index contributed by atoms with van der Waals surface area (Å²) in [7, 11) is 1.81. The van der Waals surface area contributed by atoms with Crippen LogP contribution in [0.4, 0.5) is 0 Å². The molecule has 5 heteroatoms. The molecular weight excluding hydrogens is 252 g/mol. The lowest BCUT2D eigenvalue weighted by molar-refractivity contribution is -0.128. The first kappa shape index (κ1) is 14.3. The van der Waals surface area contributed by atoms with Gasteiger partial charge in [-0.3, -0.25) is 4.79 Å². The number of benzene rings is 1. The van der Waals surface area contributed by atoms with Crippen LogP contribution in [0.5, 0.6) is 0 Å². The van der Waals surface area contributed by atoms with Crippen LogP contribution in [0.1, 0.15) is 12.5 Å². The number of para-hydroxylation sites is 1. The summed E-state index contributed by atoms with van der Waals surface area (Å²) in [6.07, 6.45) is 3.67. The van der Waals surface area contributed by atoms with Crippen molar-refractivity contribution >= 4 is 5.91 Å². The third-order valence-electron chi connectivity index (χ3n) is 3.23. The maximum absolute atomic E-state index is 11.7. The highest BCUT2D eigenvalue weighted by Gasteiger charge is 2.07. The minimum Gasteiger partial charge on any atom is -0.345 e. The molecule has 0 aliphatic rings. The van der Waals surface area contributed by atoms with Gasteiger partial charge in [0.05, 0.1) is 12.2 Å². The first-order chi connectivity index (χ1) is 9.72. The SMILES string of the molecule is CCN(C)C(=O)CNCc1ccccc1-n1cccn1. The van der Waals surface area contributed by atoms with Gasteiger partial charge in [-0.2, -0.15) is 5.10 Å². The quantitative estimate of drug-likeness (QED) is 0.865. The molecule has 20 heavy (non-hydrogen) atoms. The van der Waals surface area contributed by atoms with Crippen LogP contribution < -0.4 is 5.32 Å². The van der Waals surface area contributed by atoms with Crippen LogP contribution in [0.15, 0.2) is 42.7 Å². The number of carbonyl (C=O) groups excluding carboxylic acids is 1. The largest absolute Gasteiger partial charge is 0.345 e. The van der Waals surface area contributed by atoms with Gasteiger partial charge in [-0.1, -0.05) is 18.2 Å². The van der Waals surface area contributed by atoms with E-state index in [1.807, 2.05) is 55.2 Å². The molecule has 2 aromatic rings. The number of amides is 1. The summed E-state index contributed by atoms with van der Waals surface area (Å²) in [5.74, 6) is 0.101. The van der Waals surface area contributed by atoms with Crippen molar-refractivity contribution in [2.75, 3.05) is 20.1 Å². The first-order valence-electron chi connectivity index (χ1n) is 6.75. The maximum atomic E-state index is 11.7. The molecule has 0 fully saturated rings. The van der Waals surface area contributed by atoms with Crippen molar-refractivity contribution in [3.8, 4) is 5.69 Å². The van der Waals surface area contributed by atoms with E-state index in [1.165, 1.54) is 0 Å². The Labute approximate surface area is 119 Å². The molecule has 0 aliphatic heterocycles. The van der Waals surface area contributed by atoms with Crippen LogP contribution in [-0.2, 0) is 11.3 Å². The molecule has 0 saturated heterocycles. The lowest BCUT2D eigenvalue weighted by Crippen LogP contribution is -2.35. The van der Waals surface area contributed by atoms with E-state index in [9.17, 15) is 4.79 Å². The van der Waals surface area contributed by atoms with E-state index >= 15 is 0 Å². The number of likely N-dealkylation sites (N-methyl/N-ethyl adjacent to an activating group) is 1. The summed E-state index contributed by atoms with van der Waals surface area (Å²) in [5, 5.41) is 7.43. The Morgan fingerprint density at radius 3 is 2.85 bits per heavy atom. The van der Waals surface area contributed by atoms with E-state index in [-0.39, 0.29) is 5.91 Å². The van der Waals surface area contributed by atoms with Crippen LogP contribution in [0.2, 0.25) is 0 Å². The minimum absolute atomic E-state index is 0.101. The molecule has 0 atom stereocenters. The first-order valence-corrected chi connectivity index (χ1v) is 6.75. The zero-order chi connectivity index (χ0) is 14.4. The van der Waals surface area contributed by atoms with Crippen molar-refractivity contribution in [2.45, 2.75) is 13.5 Å². The molecule has 0 unspecified atom stereocenters. The monoisotopic (exact) mass is 272 g/mol. The number of aromatic nitrogens is 2. The van der Waals surface area contributed by atoms with Gasteiger partial charge in [0.25, 0.3) is 0 Å². The minimum atomic E-state index is 0.101. The van der Waals surface area contributed by atoms with Crippen LogP contribution in [0, 0.1) is 0 Å². The van der Waals surface area contributed by atoms with Gasteiger partial charge in [0.2, 0.25) is 5.91 Å². The van der Waals surface area contributed by atoms with Crippen LogP contribution in [-0.4, -0.2) is 40.7 Å². The van der Waals surface area contributed by atoms with Crippen molar-refractivity contribution in [1.29, 1.82) is 0 Å². The van der Waals surface area contributed by atoms with Crippen molar-refractivity contribution in [3.63, 3.8) is 0 Å². The van der Waals surface area contributed by atoms with Gasteiger partial charge < -0.3 is 10.2 Å². The number of hydrogen-bond donors (Lipinski definition) is 1. The summed E-state index contributed by atoms with van der Waals surface area (Å²) in [4.78, 5) is 13.4. The average Bonchev–Trinajstić information content (AvgIpc) is 3.00. The second-order valence-electron chi connectivity index (χ2n) is 4.59. The average molecular weight is 272 g/mol. The fourth-order valence-electron chi connectivity index (χ4n) is 1.91. The fourth-order valence-corrected chi connectivity index (χ4v) is 1.91. The molecule has 0 bridgehead atoms. The fraction of sp³-hybridized carbons (Fsp3) is 0.333. The Kier molecular flexibility index (Phi) is 4.90. The van der Waals surface area contributed by atoms with E-state index < -0.39 is 0 Å². The summed E-state index contributed by atoms with van der Waals surface area (Å²) in [6, 6.07) is 9.92. The summed E-state index contributed by atoms with van der Waals surface area (Å²) in [5.41, 5.74) is 2.14. The number of carbonyl (C=O) groups is 1. The highest BCUT2D eigenvalue weighted by Crippen LogP contribution is 2.12. The number of nitrogens with one attached hydrogen (secondary N) is 1. The van der Waals surface area contributed by atoms with Gasteiger partial charge in [0.15, 0.2) is 0 Å². The van der Waals surface area contributed by atoms with Gasteiger partial charge in [-0.25, -0.2) is 4.68 Å². The van der Waals surface area contributed by atoms with Crippen LogP contribution in [0.25, 0.3) is 5.69 Å². The Balaban J connectivity index is 1.99. The molecule has 0 radical (unpaired) electrons. The Morgan fingerprint density at radius 2 is 2.15 bits per heavy atom.